The Hall–Kier alpha value is -1.71. The Morgan fingerprint density at radius 3 is 2.47 bits per heavy atom. The minimum absolute atomic E-state index is 0.113. The zero-order chi connectivity index (χ0) is 11.8. The van der Waals surface area contributed by atoms with Gasteiger partial charge in [0.2, 0.25) is 0 Å². The fourth-order valence-corrected chi connectivity index (χ4v) is 2.26. The maximum Gasteiger partial charge on any atom is 0.410 e. The fraction of sp³-hybridized carbons (Fsp3) is 0.462. The van der Waals surface area contributed by atoms with E-state index in [0.29, 0.717) is 6.04 Å². The van der Waals surface area contributed by atoms with Gasteiger partial charge in [0.15, 0.2) is 0 Å². The fourth-order valence-electron chi connectivity index (χ4n) is 2.26. The van der Waals surface area contributed by atoms with Gasteiger partial charge in [0.25, 0.3) is 0 Å². The van der Waals surface area contributed by atoms with Crippen LogP contribution in [-0.2, 0) is 4.74 Å². The number of cyclic esters (lactones) is 1. The summed E-state index contributed by atoms with van der Waals surface area (Å²) in [6.45, 7) is 0.804. The summed E-state index contributed by atoms with van der Waals surface area (Å²) < 4.78 is 5.47. The Balaban J connectivity index is 1.70. The van der Waals surface area contributed by atoms with Crippen molar-refractivity contribution in [1.82, 2.24) is 4.90 Å². The van der Waals surface area contributed by atoms with Gasteiger partial charge in [-0.15, -0.1) is 0 Å². The van der Waals surface area contributed by atoms with Crippen LogP contribution in [0.25, 0.3) is 0 Å². The molecule has 2 fully saturated rings. The first kappa shape index (κ1) is 10.4. The zero-order valence-corrected chi connectivity index (χ0v) is 9.63. The maximum absolute atomic E-state index is 11.8. The van der Waals surface area contributed by atoms with Gasteiger partial charge in [-0.1, -0.05) is 12.1 Å². The molecule has 1 saturated carbocycles. The molecule has 1 aromatic rings. The first-order chi connectivity index (χ1) is 8.24. The highest BCUT2D eigenvalue weighted by molar-refractivity contribution is 5.69. The number of nitrogen functional groups attached to an aromatic ring is 1. The molecule has 1 atom stereocenters. The lowest BCUT2D eigenvalue weighted by atomic mass is 10.0. The predicted molar refractivity (Wildman–Crippen MR) is 64.4 cm³/mol. The van der Waals surface area contributed by atoms with Crippen LogP contribution < -0.4 is 5.73 Å². The third-order valence-electron chi connectivity index (χ3n) is 3.41. The van der Waals surface area contributed by atoms with Crippen LogP contribution >= 0.6 is 0 Å². The van der Waals surface area contributed by atoms with Crippen molar-refractivity contribution >= 4 is 11.8 Å². The molecule has 0 aromatic heterocycles. The number of anilines is 1. The number of carbonyl (C=O) groups is 1. The van der Waals surface area contributed by atoms with Crippen molar-refractivity contribution in [3.05, 3.63) is 29.8 Å². The van der Waals surface area contributed by atoms with E-state index in [1.54, 1.807) is 0 Å². The maximum atomic E-state index is 11.8. The standard InChI is InChI=1S/C13H16N2O2/c14-10-3-1-9(2-4-10)12-7-8-15(11-5-6-11)13(16)17-12/h1-4,11-12H,5-8,14H2. The summed E-state index contributed by atoms with van der Waals surface area (Å²) in [4.78, 5) is 13.7. The lowest BCUT2D eigenvalue weighted by Gasteiger charge is -2.32. The SMILES string of the molecule is Nc1ccc(C2CCN(C3CC3)C(=O)O2)cc1. The van der Waals surface area contributed by atoms with Crippen LogP contribution in [0.15, 0.2) is 24.3 Å². The molecule has 3 rings (SSSR count). The molecule has 2 aliphatic rings. The molecule has 1 aromatic carbocycles. The molecular weight excluding hydrogens is 216 g/mol. The van der Waals surface area contributed by atoms with E-state index in [-0.39, 0.29) is 12.2 Å². The minimum Gasteiger partial charge on any atom is -0.441 e. The van der Waals surface area contributed by atoms with Crippen LogP contribution in [0.3, 0.4) is 0 Å². The second-order valence-electron chi connectivity index (χ2n) is 4.75. The Morgan fingerprint density at radius 1 is 1.18 bits per heavy atom. The first-order valence-corrected chi connectivity index (χ1v) is 6.07. The summed E-state index contributed by atoms with van der Waals surface area (Å²) in [6, 6.07) is 7.99. The molecule has 1 aliphatic carbocycles. The lowest BCUT2D eigenvalue weighted by molar-refractivity contribution is 0.0217. The van der Waals surface area contributed by atoms with E-state index in [9.17, 15) is 4.79 Å². The summed E-state index contributed by atoms with van der Waals surface area (Å²) in [5.74, 6) is 0. The Morgan fingerprint density at radius 2 is 1.88 bits per heavy atom. The monoisotopic (exact) mass is 232 g/mol. The molecule has 17 heavy (non-hydrogen) atoms. The van der Waals surface area contributed by atoms with Crippen LogP contribution in [0.5, 0.6) is 0 Å². The van der Waals surface area contributed by atoms with Crippen LogP contribution in [0.2, 0.25) is 0 Å². The summed E-state index contributed by atoms with van der Waals surface area (Å²) in [5, 5.41) is 0. The van der Waals surface area contributed by atoms with Gasteiger partial charge in [-0.05, 0) is 30.5 Å². The minimum atomic E-state index is -0.166. The van der Waals surface area contributed by atoms with Crippen molar-refractivity contribution in [2.24, 2.45) is 0 Å². The van der Waals surface area contributed by atoms with Crippen LogP contribution in [0.1, 0.15) is 30.9 Å². The topological polar surface area (TPSA) is 55.6 Å². The van der Waals surface area contributed by atoms with Crippen molar-refractivity contribution < 1.29 is 9.53 Å². The highest BCUT2D eigenvalue weighted by Crippen LogP contribution is 2.34. The Bertz CT molecular complexity index is 426. The molecule has 0 radical (unpaired) electrons. The molecule has 90 valence electrons. The quantitative estimate of drug-likeness (QED) is 0.796. The van der Waals surface area contributed by atoms with E-state index in [4.69, 9.17) is 10.5 Å². The molecule has 1 saturated heterocycles. The van der Waals surface area contributed by atoms with E-state index in [0.717, 1.165) is 37.1 Å². The van der Waals surface area contributed by atoms with Gasteiger partial charge in [-0.3, -0.25) is 0 Å². The average Bonchev–Trinajstić information content (AvgIpc) is 3.14. The van der Waals surface area contributed by atoms with Crippen molar-refractivity contribution in [1.29, 1.82) is 0 Å². The third-order valence-corrected chi connectivity index (χ3v) is 3.41. The molecule has 4 heteroatoms. The highest BCUT2D eigenvalue weighted by atomic mass is 16.6. The molecule has 2 N–H and O–H groups in total. The van der Waals surface area contributed by atoms with Crippen molar-refractivity contribution in [2.45, 2.75) is 31.4 Å². The molecule has 1 amide bonds. The second kappa shape index (κ2) is 3.95. The van der Waals surface area contributed by atoms with E-state index in [2.05, 4.69) is 0 Å². The van der Waals surface area contributed by atoms with E-state index < -0.39 is 0 Å². The highest BCUT2D eigenvalue weighted by Gasteiger charge is 2.37. The Kier molecular flexibility index (Phi) is 2.42. The van der Waals surface area contributed by atoms with Crippen molar-refractivity contribution in [3.8, 4) is 0 Å². The van der Waals surface area contributed by atoms with Gasteiger partial charge in [0.05, 0.1) is 0 Å². The number of ether oxygens (including phenoxy) is 1. The lowest BCUT2D eigenvalue weighted by Crippen LogP contribution is -2.40. The van der Waals surface area contributed by atoms with E-state index in [1.807, 2.05) is 29.2 Å². The van der Waals surface area contributed by atoms with Gasteiger partial charge < -0.3 is 15.4 Å². The summed E-state index contributed by atoms with van der Waals surface area (Å²) in [5.41, 5.74) is 7.40. The number of rotatable bonds is 2. The van der Waals surface area contributed by atoms with E-state index >= 15 is 0 Å². The van der Waals surface area contributed by atoms with Crippen LogP contribution in [-0.4, -0.2) is 23.6 Å². The number of nitrogens with two attached hydrogens (primary N) is 1. The molecule has 1 aliphatic heterocycles. The van der Waals surface area contributed by atoms with Crippen molar-refractivity contribution in [3.63, 3.8) is 0 Å². The first-order valence-electron chi connectivity index (χ1n) is 6.07. The summed E-state index contributed by atoms with van der Waals surface area (Å²) >= 11 is 0. The smallest absolute Gasteiger partial charge is 0.410 e. The van der Waals surface area contributed by atoms with Crippen LogP contribution in [0.4, 0.5) is 10.5 Å². The zero-order valence-electron chi connectivity index (χ0n) is 9.63. The number of amides is 1. The van der Waals surface area contributed by atoms with Gasteiger partial charge in [-0.25, -0.2) is 4.79 Å². The molecule has 1 heterocycles. The summed E-state index contributed by atoms with van der Waals surface area (Å²) in [7, 11) is 0. The molecule has 1 unspecified atom stereocenters. The number of hydrogen-bond donors (Lipinski definition) is 1. The molecule has 0 bridgehead atoms. The largest absolute Gasteiger partial charge is 0.441 e. The normalized spacial score (nSPS) is 24.6. The van der Waals surface area contributed by atoms with E-state index in [1.165, 1.54) is 0 Å². The average molecular weight is 232 g/mol. The van der Waals surface area contributed by atoms with Gasteiger partial charge in [-0.2, -0.15) is 0 Å². The molecular formula is C13H16N2O2. The number of benzene rings is 1. The van der Waals surface area contributed by atoms with Gasteiger partial charge in [0, 0.05) is 24.7 Å². The van der Waals surface area contributed by atoms with Gasteiger partial charge in [0.1, 0.15) is 6.10 Å². The van der Waals surface area contributed by atoms with Crippen molar-refractivity contribution in [2.75, 3.05) is 12.3 Å². The molecule has 0 spiro atoms. The second-order valence-corrected chi connectivity index (χ2v) is 4.75. The van der Waals surface area contributed by atoms with Crippen LogP contribution in [0, 0.1) is 0 Å². The predicted octanol–water partition coefficient (Wildman–Crippen LogP) is 2.31. The van der Waals surface area contributed by atoms with Gasteiger partial charge >= 0.3 is 6.09 Å². The Labute approximate surface area is 100 Å². The third kappa shape index (κ3) is 2.07. The molecule has 4 nitrogen and oxygen atoms in total. The number of carbonyl (C=O) groups excluding carboxylic acids is 1. The summed E-state index contributed by atoms with van der Waals surface area (Å²) in [6.07, 6.45) is 2.84. The number of hydrogen-bond acceptors (Lipinski definition) is 3. The number of nitrogens with zero attached hydrogens (tertiary/aromatic N) is 1.